The van der Waals surface area contributed by atoms with Gasteiger partial charge in [-0.05, 0) is 34.6 Å². The maximum absolute atomic E-state index is 12.1. The van der Waals surface area contributed by atoms with Crippen LogP contribution in [0.15, 0.2) is 0 Å². The van der Waals surface area contributed by atoms with Crippen LogP contribution in [0.2, 0.25) is 0 Å². The van der Waals surface area contributed by atoms with Gasteiger partial charge in [0.05, 0.1) is 6.10 Å². The smallest absolute Gasteiger partial charge is 0.224 e. The summed E-state index contributed by atoms with van der Waals surface area (Å²) in [5.74, 6) is 0.155. The molecule has 17 heavy (non-hydrogen) atoms. The third kappa shape index (κ3) is 4.61. The molecule has 1 N–H and O–H groups in total. The van der Waals surface area contributed by atoms with Crippen molar-refractivity contribution < 1.29 is 9.90 Å². The zero-order chi connectivity index (χ0) is 13.0. The standard InChI is InChI=1S/C12H25N3O2/c1-13(2)6-5-12(17)15-9-11(16)7-10(15)8-14(3)4/h10-11,16H,5-9H2,1-4H3. The molecule has 0 saturated carbocycles. The fourth-order valence-corrected chi connectivity index (χ4v) is 2.25. The van der Waals surface area contributed by atoms with E-state index in [1.165, 1.54) is 0 Å². The zero-order valence-electron chi connectivity index (χ0n) is 11.4. The second kappa shape index (κ2) is 6.33. The Labute approximate surface area is 104 Å². The highest BCUT2D eigenvalue weighted by molar-refractivity contribution is 5.77. The van der Waals surface area contributed by atoms with E-state index in [9.17, 15) is 9.90 Å². The molecule has 0 aromatic rings. The fraction of sp³-hybridized carbons (Fsp3) is 0.917. The molecule has 1 amide bonds. The van der Waals surface area contributed by atoms with Crippen molar-refractivity contribution in [1.29, 1.82) is 0 Å². The highest BCUT2D eigenvalue weighted by atomic mass is 16.3. The van der Waals surface area contributed by atoms with Crippen LogP contribution in [-0.4, -0.2) is 85.7 Å². The number of nitrogens with zero attached hydrogens (tertiary/aromatic N) is 3. The van der Waals surface area contributed by atoms with Gasteiger partial charge in [0.2, 0.25) is 5.91 Å². The van der Waals surface area contributed by atoms with Crippen LogP contribution in [-0.2, 0) is 4.79 Å². The summed E-state index contributed by atoms with van der Waals surface area (Å²) in [6.45, 7) is 2.08. The molecule has 1 saturated heterocycles. The number of β-amino-alcohol motifs (C(OH)–C–C–N with tert-alkyl or cyclic N) is 1. The van der Waals surface area contributed by atoms with Gasteiger partial charge in [0.1, 0.15) is 0 Å². The predicted octanol–water partition coefficient (Wildman–Crippen LogP) is -0.538. The number of amides is 1. The van der Waals surface area contributed by atoms with Crippen LogP contribution in [0.5, 0.6) is 0 Å². The number of hydrogen-bond acceptors (Lipinski definition) is 4. The summed E-state index contributed by atoms with van der Waals surface area (Å²) in [5.41, 5.74) is 0. The molecule has 1 aliphatic heterocycles. The van der Waals surface area contributed by atoms with Crippen LogP contribution in [0, 0.1) is 0 Å². The predicted molar refractivity (Wildman–Crippen MR) is 67.8 cm³/mol. The Balaban J connectivity index is 2.51. The summed E-state index contributed by atoms with van der Waals surface area (Å²) in [6.07, 6.45) is 0.874. The number of carbonyl (C=O) groups is 1. The molecule has 100 valence electrons. The summed E-state index contributed by atoms with van der Waals surface area (Å²) in [6, 6.07) is 0.162. The van der Waals surface area contributed by atoms with Gasteiger partial charge in [-0.15, -0.1) is 0 Å². The molecule has 5 heteroatoms. The Morgan fingerprint density at radius 1 is 1.29 bits per heavy atom. The van der Waals surface area contributed by atoms with Crippen LogP contribution in [0.4, 0.5) is 0 Å². The van der Waals surface area contributed by atoms with Gasteiger partial charge in [-0.3, -0.25) is 4.79 Å². The number of rotatable bonds is 5. The summed E-state index contributed by atoms with van der Waals surface area (Å²) < 4.78 is 0. The second-order valence-corrected chi connectivity index (χ2v) is 5.40. The van der Waals surface area contributed by atoms with Gasteiger partial charge in [-0.1, -0.05) is 0 Å². The van der Waals surface area contributed by atoms with Crippen LogP contribution in [0.3, 0.4) is 0 Å². The van der Waals surface area contributed by atoms with Crippen molar-refractivity contribution in [3.8, 4) is 0 Å². The van der Waals surface area contributed by atoms with Crippen molar-refractivity contribution in [2.75, 3.05) is 47.8 Å². The molecule has 0 aromatic carbocycles. The molecule has 0 bridgehead atoms. The monoisotopic (exact) mass is 243 g/mol. The molecule has 0 aromatic heterocycles. The first-order valence-corrected chi connectivity index (χ1v) is 6.17. The zero-order valence-corrected chi connectivity index (χ0v) is 11.4. The Morgan fingerprint density at radius 3 is 2.47 bits per heavy atom. The Kier molecular flexibility index (Phi) is 5.36. The molecule has 2 atom stereocenters. The Morgan fingerprint density at radius 2 is 1.94 bits per heavy atom. The highest BCUT2D eigenvalue weighted by Crippen LogP contribution is 2.19. The number of aliphatic hydroxyl groups excluding tert-OH is 1. The van der Waals surface area contributed by atoms with E-state index in [0.29, 0.717) is 19.4 Å². The maximum atomic E-state index is 12.1. The fourth-order valence-electron chi connectivity index (χ4n) is 2.25. The summed E-state index contributed by atoms with van der Waals surface area (Å²) in [7, 11) is 7.91. The topological polar surface area (TPSA) is 47.0 Å². The van der Waals surface area contributed by atoms with Crippen molar-refractivity contribution in [2.45, 2.75) is 25.0 Å². The average molecular weight is 243 g/mol. The lowest BCUT2D eigenvalue weighted by atomic mass is 10.2. The second-order valence-electron chi connectivity index (χ2n) is 5.40. The number of hydrogen-bond donors (Lipinski definition) is 1. The largest absolute Gasteiger partial charge is 0.391 e. The first-order chi connectivity index (χ1) is 7.90. The minimum Gasteiger partial charge on any atom is -0.391 e. The number of likely N-dealkylation sites (N-methyl/N-ethyl adjacent to an activating group) is 1. The Bertz CT molecular complexity index is 256. The Hall–Kier alpha value is -0.650. The first kappa shape index (κ1) is 14.4. The van der Waals surface area contributed by atoms with Crippen LogP contribution in [0.1, 0.15) is 12.8 Å². The molecule has 2 unspecified atom stereocenters. The molecule has 1 fully saturated rings. The molecule has 1 aliphatic rings. The molecular formula is C12H25N3O2. The van der Waals surface area contributed by atoms with E-state index < -0.39 is 0 Å². The summed E-state index contributed by atoms with van der Waals surface area (Å²) in [4.78, 5) is 18.0. The summed E-state index contributed by atoms with van der Waals surface area (Å²) >= 11 is 0. The van der Waals surface area contributed by atoms with Crippen molar-refractivity contribution in [3.05, 3.63) is 0 Å². The van der Waals surface area contributed by atoms with Gasteiger partial charge in [0, 0.05) is 32.1 Å². The van der Waals surface area contributed by atoms with Gasteiger partial charge in [-0.2, -0.15) is 0 Å². The van der Waals surface area contributed by atoms with E-state index in [2.05, 4.69) is 4.90 Å². The SMILES string of the molecule is CN(C)CCC(=O)N1CC(O)CC1CN(C)C. The van der Waals surface area contributed by atoms with E-state index in [1.54, 1.807) is 0 Å². The number of likely N-dealkylation sites (tertiary alicyclic amines) is 1. The molecule has 1 heterocycles. The van der Waals surface area contributed by atoms with Crippen LogP contribution in [0.25, 0.3) is 0 Å². The van der Waals surface area contributed by atoms with Gasteiger partial charge in [-0.25, -0.2) is 0 Å². The maximum Gasteiger partial charge on any atom is 0.224 e. The lowest BCUT2D eigenvalue weighted by molar-refractivity contribution is -0.132. The minimum atomic E-state index is -0.358. The first-order valence-electron chi connectivity index (χ1n) is 6.17. The van der Waals surface area contributed by atoms with Gasteiger partial charge >= 0.3 is 0 Å². The molecule has 0 spiro atoms. The number of aliphatic hydroxyl groups is 1. The molecule has 0 radical (unpaired) electrons. The molecule has 1 rings (SSSR count). The lowest BCUT2D eigenvalue weighted by Gasteiger charge is -2.27. The van der Waals surface area contributed by atoms with E-state index in [0.717, 1.165) is 13.1 Å². The van der Waals surface area contributed by atoms with Gasteiger partial charge in [0.15, 0.2) is 0 Å². The average Bonchev–Trinajstić information content (AvgIpc) is 2.54. The summed E-state index contributed by atoms with van der Waals surface area (Å²) in [5, 5.41) is 9.69. The quantitative estimate of drug-likeness (QED) is 0.704. The normalized spacial score (nSPS) is 25.0. The highest BCUT2D eigenvalue weighted by Gasteiger charge is 2.33. The third-order valence-electron chi connectivity index (χ3n) is 3.06. The van der Waals surface area contributed by atoms with Crippen LogP contribution < -0.4 is 0 Å². The number of carbonyl (C=O) groups excluding carboxylic acids is 1. The molecular weight excluding hydrogens is 218 g/mol. The molecule has 5 nitrogen and oxygen atoms in total. The van der Waals surface area contributed by atoms with Crippen molar-refractivity contribution in [2.24, 2.45) is 0 Å². The minimum absolute atomic E-state index is 0.155. The van der Waals surface area contributed by atoms with E-state index in [4.69, 9.17) is 0 Å². The van der Waals surface area contributed by atoms with E-state index in [1.807, 2.05) is 38.0 Å². The van der Waals surface area contributed by atoms with Gasteiger partial charge < -0.3 is 19.8 Å². The van der Waals surface area contributed by atoms with Crippen LogP contribution >= 0.6 is 0 Å². The van der Waals surface area contributed by atoms with E-state index in [-0.39, 0.29) is 18.1 Å². The van der Waals surface area contributed by atoms with Crippen molar-refractivity contribution in [1.82, 2.24) is 14.7 Å². The van der Waals surface area contributed by atoms with E-state index >= 15 is 0 Å². The molecule has 0 aliphatic carbocycles. The lowest BCUT2D eigenvalue weighted by Crippen LogP contribution is -2.42. The van der Waals surface area contributed by atoms with Crippen molar-refractivity contribution >= 4 is 5.91 Å². The van der Waals surface area contributed by atoms with Gasteiger partial charge in [0.25, 0.3) is 0 Å². The third-order valence-corrected chi connectivity index (χ3v) is 3.06. The van der Waals surface area contributed by atoms with Crippen molar-refractivity contribution in [3.63, 3.8) is 0 Å².